The lowest BCUT2D eigenvalue weighted by Crippen LogP contribution is -1.98. The Kier molecular flexibility index (Phi) is 1.86. The van der Waals surface area contributed by atoms with Gasteiger partial charge in [0, 0.05) is 11.4 Å². The molecule has 0 atom stereocenters. The predicted octanol–water partition coefficient (Wildman–Crippen LogP) is 4.44. The molecule has 3 rings (SSSR count). The fraction of sp³-hybridized carbons (Fsp3) is 0.231. The number of thiophene rings is 1. The summed E-state index contributed by atoms with van der Waals surface area (Å²) < 4.78 is 3.83. The van der Waals surface area contributed by atoms with Gasteiger partial charge in [-0.3, -0.25) is 0 Å². The van der Waals surface area contributed by atoms with Crippen molar-refractivity contribution in [1.82, 2.24) is 4.57 Å². The van der Waals surface area contributed by atoms with Crippen LogP contribution in [0.25, 0.3) is 21.1 Å². The molecule has 3 aromatic rings. The fourth-order valence-corrected chi connectivity index (χ4v) is 3.18. The molecule has 0 fully saturated rings. The summed E-state index contributed by atoms with van der Waals surface area (Å²) in [7, 11) is 0. The third-order valence-corrected chi connectivity index (χ3v) is 3.77. The smallest absolute Gasteiger partial charge is 0.0603 e. The number of nitrogens with zero attached hydrogens (tertiary/aromatic N) is 1. The van der Waals surface area contributed by atoms with Gasteiger partial charge in [-0.15, -0.1) is 11.3 Å². The van der Waals surface area contributed by atoms with E-state index < -0.39 is 0 Å². The Labute approximate surface area is 92.9 Å². The Morgan fingerprint density at radius 3 is 2.67 bits per heavy atom. The average Bonchev–Trinajstić information content (AvgIpc) is 2.75. The first kappa shape index (κ1) is 8.98. The van der Waals surface area contributed by atoms with Crippen LogP contribution in [0.1, 0.15) is 19.9 Å². The largest absolute Gasteiger partial charge is 0.337 e. The zero-order valence-corrected chi connectivity index (χ0v) is 9.71. The van der Waals surface area contributed by atoms with Crippen molar-refractivity contribution in [3.8, 4) is 0 Å². The van der Waals surface area contributed by atoms with Crippen LogP contribution < -0.4 is 0 Å². The molecular weight excluding hydrogens is 202 g/mol. The highest BCUT2D eigenvalue weighted by atomic mass is 32.1. The molecule has 0 aliphatic rings. The van der Waals surface area contributed by atoms with Crippen LogP contribution in [0.2, 0.25) is 0 Å². The number of rotatable bonds is 1. The van der Waals surface area contributed by atoms with Crippen molar-refractivity contribution in [2.45, 2.75) is 19.9 Å². The van der Waals surface area contributed by atoms with Gasteiger partial charge in [0.25, 0.3) is 0 Å². The second-order valence-electron chi connectivity index (χ2n) is 4.12. The molecule has 2 aromatic heterocycles. The SMILES string of the molecule is CC(C)n1c2ccccc2c2sccc21. The number of fused-ring (bicyclic) bond motifs is 3. The van der Waals surface area contributed by atoms with Crippen molar-refractivity contribution in [2.24, 2.45) is 0 Å². The molecule has 0 spiro atoms. The zero-order valence-electron chi connectivity index (χ0n) is 8.90. The van der Waals surface area contributed by atoms with Crippen LogP contribution >= 0.6 is 11.3 Å². The normalized spacial score (nSPS) is 11.9. The topological polar surface area (TPSA) is 4.93 Å². The molecule has 15 heavy (non-hydrogen) atoms. The molecule has 0 N–H and O–H groups in total. The molecule has 0 bridgehead atoms. The second-order valence-corrected chi connectivity index (χ2v) is 5.03. The summed E-state index contributed by atoms with van der Waals surface area (Å²) in [6.45, 7) is 4.48. The maximum atomic E-state index is 2.42. The minimum absolute atomic E-state index is 0.516. The summed E-state index contributed by atoms with van der Waals surface area (Å²) in [5.74, 6) is 0. The van der Waals surface area contributed by atoms with E-state index in [0.29, 0.717) is 6.04 Å². The van der Waals surface area contributed by atoms with E-state index >= 15 is 0 Å². The van der Waals surface area contributed by atoms with Crippen LogP contribution in [-0.4, -0.2) is 4.57 Å². The van der Waals surface area contributed by atoms with Crippen LogP contribution in [0.5, 0.6) is 0 Å². The van der Waals surface area contributed by atoms with Gasteiger partial charge in [0.05, 0.1) is 15.7 Å². The number of para-hydroxylation sites is 1. The Morgan fingerprint density at radius 2 is 1.87 bits per heavy atom. The van der Waals surface area contributed by atoms with Crippen molar-refractivity contribution in [3.63, 3.8) is 0 Å². The van der Waals surface area contributed by atoms with Gasteiger partial charge in [-0.2, -0.15) is 0 Å². The van der Waals surface area contributed by atoms with Gasteiger partial charge in [0.1, 0.15) is 0 Å². The van der Waals surface area contributed by atoms with Crippen molar-refractivity contribution >= 4 is 32.5 Å². The summed E-state index contributed by atoms with van der Waals surface area (Å²) in [6.07, 6.45) is 0. The first-order chi connectivity index (χ1) is 7.29. The maximum Gasteiger partial charge on any atom is 0.0603 e. The van der Waals surface area contributed by atoms with Gasteiger partial charge in [-0.1, -0.05) is 18.2 Å². The summed E-state index contributed by atoms with van der Waals surface area (Å²) in [4.78, 5) is 0. The molecule has 2 heteroatoms. The van der Waals surface area contributed by atoms with Crippen LogP contribution in [0, 0.1) is 0 Å². The molecule has 0 aliphatic carbocycles. The van der Waals surface area contributed by atoms with E-state index in [1.807, 2.05) is 11.3 Å². The Morgan fingerprint density at radius 1 is 1.07 bits per heavy atom. The molecule has 2 heterocycles. The molecule has 1 nitrogen and oxygen atoms in total. The van der Waals surface area contributed by atoms with E-state index in [-0.39, 0.29) is 0 Å². The zero-order chi connectivity index (χ0) is 10.4. The molecule has 0 aliphatic heterocycles. The monoisotopic (exact) mass is 215 g/mol. The summed E-state index contributed by atoms with van der Waals surface area (Å²) in [5.41, 5.74) is 2.73. The van der Waals surface area contributed by atoms with Crippen LogP contribution in [0.4, 0.5) is 0 Å². The number of hydrogen-bond acceptors (Lipinski definition) is 1. The summed E-state index contributed by atoms with van der Waals surface area (Å²) >= 11 is 1.83. The van der Waals surface area contributed by atoms with Gasteiger partial charge >= 0.3 is 0 Å². The first-order valence-corrected chi connectivity index (χ1v) is 6.13. The number of aromatic nitrogens is 1. The van der Waals surface area contributed by atoms with Crippen LogP contribution in [-0.2, 0) is 0 Å². The van der Waals surface area contributed by atoms with Crippen LogP contribution in [0.15, 0.2) is 35.7 Å². The Balaban J connectivity index is 2.58. The molecule has 1 aromatic carbocycles. The molecule has 0 unspecified atom stereocenters. The highest BCUT2D eigenvalue weighted by Crippen LogP contribution is 2.34. The van der Waals surface area contributed by atoms with E-state index in [4.69, 9.17) is 0 Å². The molecule has 76 valence electrons. The molecule has 0 saturated carbocycles. The van der Waals surface area contributed by atoms with Crippen molar-refractivity contribution in [2.75, 3.05) is 0 Å². The number of benzene rings is 1. The van der Waals surface area contributed by atoms with E-state index in [1.54, 1.807) is 0 Å². The van der Waals surface area contributed by atoms with Gasteiger partial charge < -0.3 is 4.57 Å². The third kappa shape index (κ3) is 1.15. The Hall–Kier alpha value is -1.28. The third-order valence-electron chi connectivity index (χ3n) is 2.83. The van der Waals surface area contributed by atoms with Gasteiger partial charge in [-0.25, -0.2) is 0 Å². The average molecular weight is 215 g/mol. The minimum atomic E-state index is 0.516. The van der Waals surface area contributed by atoms with Crippen LogP contribution in [0.3, 0.4) is 0 Å². The lowest BCUT2D eigenvalue weighted by Gasteiger charge is -2.10. The fourth-order valence-electron chi connectivity index (χ4n) is 2.26. The lowest BCUT2D eigenvalue weighted by atomic mass is 10.2. The molecule has 0 radical (unpaired) electrons. The highest BCUT2D eigenvalue weighted by Gasteiger charge is 2.12. The standard InChI is InChI=1S/C13H13NS/c1-9(2)14-11-6-4-3-5-10(11)13-12(14)7-8-15-13/h3-9H,1-2H3. The maximum absolute atomic E-state index is 2.42. The molecule has 0 amide bonds. The van der Waals surface area contributed by atoms with Gasteiger partial charge in [0.15, 0.2) is 0 Å². The van der Waals surface area contributed by atoms with Crippen molar-refractivity contribution < 1.29 is 0 Å². The predicted molar refractivity (Wildman–Crippen MR) is 67.7 cm³/mol. The first-order valence-electron chi connectivity index (χ1n) is 5.25. The van der Waals surface area contributed by atoms with E-state index in [9.17, 15) is 0 Å². The Bertz CT molecular complexity index is 616. The second kappa shape index (κ2) is 3.11. The van der Waals surface area contributed by atoms with E-state index in [0.717, 1.165) is 0 Å². The highest BCUT2D eigenvalue weighted by molar-refractivity contribution is 7.18. The van der Waals surface area contributed by atoms with Crippen molar-refractivity contribution in [3.05, 3.63) is 35.7 Å². The van der Waals surface area contributed by atoms with E-state index in [1.165, 1.54) is 21.1 Å². The molecular formula is C13H13NS. The van der Waals surface area contributed by atoms with Gasteiger partial charge in [-0.05, 0) is 31.4 Å². The summed E-state index contributed by atoms with van der Waals surface area (Å²) in [5, 5.41) is 3.56. The minimum Gasteiger partial charge on any atom is -0.337 e. The summed E-state index contributed by atoms with van der Waals surface area (Å²) in [6, 6.07) is 11.4. The quantitative estimate of drug-likeness (QED) is 0.565. The van der Waals surface area contributed by atoms with Crippen molar-refractivity contribution in [1.29, 1.82) is 0 Å². The molecule has 0 saturated heterocycles. The van der Waals surface area contributed by atoms with E-state index in [2.05, 4.69) is 54.1 Å². The number of hydrogen-bond donors (Lipinski definition) is 0. The van der Waals surface area contributed by atoms with Gasteiger partial charge in [0.2, 0.25) is 0 Å². The lowest BCUT2D eigenvalue weighted by molar-refractivity contribution is 0.642.